The van der Waals surface area contributed by atoms with Crippen LogP contribution in [0.4, 0.5) is 0 Å². The van der Waals surface area contributed by atoms with Crippen molar-refractivity contribution in [2.24, 2.45) is 12.8 Å². The van der Waals surface area contributed by atoms with E-state index in [0.29, 0.717) is 25.2 Å². The van der Waals surface area contributed by atoms with Gasteiger partial charge in [-0.3, -0.25) is 9.48 Å². The molecule has 0 atom stereocenters. The monoisotopic (exact) mass is 286 g/mol. The predicted octanol–water partition coefficient (Wildman–Crippen LogP) is 1.37. The third-order valence-corrected chi connectivity index (χ3v) is 3.67. The number of nitrogens with two attached hydrogens (primary N) is 1. The lowest BCUT2D eigenvalue weighted by Crippen LogP contribution is -2.37. The highest BCUT2D eigenvalue weighted by Crippen LogP contribution is 2.10. The lowest BCUT2D eigenvalue weighted by molar-refractivity contribution is 0.0761. The van der Waals surface area contributed by atoms with Gasteiger partial charge in [0.1, 0.15) is 0 Å². The second kappa shape index (κ2) is 7.04. The summed E-state index contributed by atoms with van der Waals surface area (Å²) in [5, 5.41) is 4.14. The molecule has 5 nitrogen and oxygen atoms in total. The van der Waals surface area contributed by atoms with E-state index in [1.807, 2.05) is 32.2 Å². The van der Waals surface area contributed by atoms with E-state index in [0.717, 1.165) is 12.1 Å². The van der Waals surface area contributed by atoms with Crippen LogP contribution in [0.25, 0.3) is 0 Å². The highest BCUT2D eigenvalue weighted by molar-refractivity contribution is 5.95. The average Bonchev–Trinajstić information content (AvgIpc) is 2.84. The molecule has 0 aliphatic carbocycles. The van der Waals surface area contributed by atoms with Crippen molar-refractivity contribution in [3.05, 3.63) is 53.3 Å². The fourth-order valence-corrected chi connectivity index (χ4v) is 2.26. The third-order valence-electron chi connectivity index (χ3n) is 3.67. The number of aryl methyl sites for hydroxylation is 1. The molecular formula is C16H22N4O. The van der Waals surface area contributed by atoms with E-state index < -0.39 is 0 Å². The number of nitrogens with zero attached hydrogens (tertiary/aromatic N) is 3. The normalized spacial score (nSPS) is 10.6. The molecular weight excluding hydrogens is 264 g/mol. The summed E-state index contributed by atoms with van der Waals surface area (Å²) in [7, 11) is 1.84. The van der Waals surface area contributed by atoms with Crippen molar-refractivity contribution in [2.75, 3.05) is 19.6 Å². The molecule has 1 amide bonds. The zero-order chi connectivity index (χ0) is 15.2. The van der Waals surface area contributed by atoms with Crippen LogP contribution in [0, 0.1) is 6.92 Å². The van der Waals surface area contributed by atoms with Crippen LogP contribution in [-0.4, -0.2) is 40.2 Å². The van der Waals surface area contributed by atoms with Crippen LogP contribution in [0.5, 0.6) is 0 Å². The summed E-state index contributed by atoms with van der Waals surface area (Å²) in [5.74, 6) is 0.00183. The summed E-state index contributed by atoms with van der Waals surface area (Å²) in [6, 6.07) is 10.2. The van der Waals surface area contributed by atoms with E-state index in [9.17, 15) is 4.79 Å². The maximum absolute atomic E-state index is 12.6. The molecule has 2 aromatic rings. The van der Waals surface area contributed by atoms with Gasteiger partial charge < -0.3 is 10.6 Å². The molecule has 0 spiro atoms. The molecule has 5 heteroatoms. The van der Waals surface area contributed by atoms with E-state index in [-0.39, 0.29) is 5.91 Å². The summed E-state index contributed by atoms with van der Waals surface area (Å²) < 4.78 is 1.71. The number of carbonyl (C=O) groups is 1. The molecule has 0 aliphatic heterocycles. The van der Waals surface area contributed by atoms with Gasteiger partial charge in [-0.1, -0.05) is 30.3 Å². The first-order valence-corrected chi connectivity index (χ1v) is 7.15. The fourth-order valence-electron chi connectivity index (χ4n) is 2.26. The first kappa shape index (κ1) is 15.3. The van der Waals surface area contributed by atoms with Gasteiger partial charge in [-0.2, -0.15) is 5.10 Å². The Kier molecular flexibility index (Phi) is 5.11. The number of benzene rings is 1. The first-order valence-electron chi connectivity index (χ1n) is 7.15. The molecule has 0 aliphatic rings. The Morgan fingerprint density at radius 2 is 2.00 bits per heavy atom. The van der Waals surface area contributed by atoms with Crippen LogP contribution >= 0.6 is 0 Å². The Hall–Kier alpha value is -2.14. The van der Waals surface area contributed by atoms with Gasteiger partial charge in [0.05, 0.1) is 11.8 Å². The topological polar surface area (TPSA) is 64.2 Å². The zero-order valence-corrected chi connectivity index (χ0v) is 12.6. The van der Waals surface area contributed by atoms with Crippen LogP contribution in [0.3, 0.4) is 0 Å². The van der Waals surface area contributed by atoms with E-state index in [2.05, 4.69) is 17.2 Å². The standard InChI is InChI=1S/C16H22N4O/c1-13-15(12-18-19(13)2)16(21)20(11-9-17)10-8-14-6-4-3-5-7-14/h3-7,12H,8-11,17H2,1-2H3. The lowest BCUT2D eigenvalue weighted by Gasteiger charge is -2.22. The second-order valence-electron chi connectivity index (χ2n) is 5.08. The van der Waals surface area contributed by atoms with E-state index in [4.69, 9.17) is 5.73 Å². The number of hydrogen-bond acceptors (Lipinski definition) is 3. The number of amides is 1. The summed E-state index contributed by atoms with van der Waals surface area (Å²) in [6.07, 6.45) is 2.45. The van der Waals surface area contributed by atoms with Gasteiger partial charge in [0.25, 0.3) is 5.91 Å². The fraction of sp³-hybridized carbons (Fsp3) is 0.375. The molecule has 0 bridgehead atoms. The Bertz CT molecular complexity index is 592. The lowest BCUT2D eigenvalue weighted by atomic mass is 10.1. The second-order valence-corrected chi connectivity index (χ2v) is 5.08. The molecule has 1 aromatic heterocycles. The molecule has 2 N–H and O–H groups in total. The van der Waals surface area contributed by atoms with Gasteiger partial charge in [-0.25, -0.2) is 0 Å². The Balaban J connectivity index is 2.07. The molecule has 0 saturated carbocycles. The molecule has 2 rings (SSSR count). The van der Waals surface area contributed by atoms with Crippen LogP contribution in [-0.2, 0) is 13.5 Å². The minimum absolute atomic E-state index is 0.00183. The molecule has 0 unspecified atom stereocenters. The minimum atomic E-state index is 0.00183. The van der Waals surface area contributed by atoms with Crippen molar-refractivity contribution < 1.29 is 4.79 Å². The smallest absolute Gasteiger partial charge is 0.257 e. The van der Waals surface area contributed by atoms with Crippen molar-refractivity contribution in [1.82, 2.24) is 14.7 Å². The molecule has 1 heterocycles. The van der Waals surface area contributed by atoms with Gasteiger partial charge >= 0.3 is 0 Å². The maximum Gasteiger partial charge on any atom is 0.257 e. The van der Waals surface area contributed by atoms with E-state index in [1.165, 1.54) is 5.56 Å². The Labute approximate surface area is 125 Å². The maximum atomic E-state index is 12.6. The predicted molar refractivity (Wildman–Crippen MR) is 83.0 cm³/mol. The van der Waals surface area contributed by atoms with Crippen molar-refractivity contribution >= 4 is 5.91 Å². The van der Waals surface area contributed by atoms with Gasteiger partial charge in [0, 0.05) is 32.4 Å². The van der Waals surface area contributed by atoms with Crippen molar-refractivity contribution in [2.45, 2.75) is 13.3 Å². The quantitative estimate of drug-likeness (QED) is 0.872. The summed E-state index contributed by atoms with van der Waals surface area (Å²) >= 11 is 0. The number of hydrogen-bond donors (Lipinski definition) is 1. The van der Waals surface area contributed by atoms with Crippen molar-refractivity contribution in [3.63, 3.8) is 0 Å². The summed E-state index contributed by atoms with van der Waals surface area (Å²) in [6.45, 7) is 3.58. The van der Waals surface area contributed by atoms with Crippen LogP contribution in [0.2, 0.25) is 0 Å². The summed E-state index contributed by atoms with van der Waals surface area (Å²) in [4.78, 5) is 14.4. The van der Waals surface area contributed by atoms with Crippen molar-refractivity contribution in [1.29, 1.82) is 0 Å². The SMILES string of the molecule is Cc1c(C(=O)N(CCN)CCc2ccccc2)cnn1C. The highest BCUT2D eigenvalue weighted by Gasteiger charge is 2.19. The number of carbonyl (C=O) groups excluding carboxylic acids is 1. The van der Waals surface area contributed by atoms with Crippen molar-refractivity contribution in [3.8, 4) is 0 Å². The number of rotatable bonds is 6. The van der Waals surface area contributed by atoms with Crippen LogP contribution in [0.15, 0.2) is 36.5 Å². The first-order chi connectivity index (χ1) is 10.1. The van der Waals surface area contributed by atoms with Gasteiger partial charge in [-0.15, -0.1) is 0 Å². The highest BCUT2D eigenvalue weighted by atomic mass is 16.2. The molecule has 0 fully saturated rings. The van der Waals surface area contributed by atoms with Gasteiger partial charge in [0.15, 0.2) is 0 Å². The average molecular weight is 286 g/mol. The largest absolute Gasteiger partial charge is 0.337 e. The third kappa shape index (κ3) is 3.70. The zero-order valence-electron chi connectivity index (χ0n) is 12.6. The van der Waals surface area contributed by atoms with Crippen LogP contribution in [0.1, 0.15) is 21.6 Å². The van der Waals surface area contributed by atoms with Crippen LogP contribution < -0.4 is 5.73 Å². The Morgan fingerprint density at radius 3 is 2.57 bits per heavy atom. The van der Waals surface area contributed by atoms with E-state index in [1.54, 1.807) is 15.8 Å². The summed E-state index contributed by atoms with van der Waals surface area (Å²) in [5.41, 5.74) is 8.39. The molecule has 0 radical (unpaired) electrons. The van der Waals surface area contributed by atoms with E-state index >= 15 is 0 Å². The minimum Gasteiger partial charge on any atom is -0.337 e. The Morgan fingerprint density at radius 1 is 1.29 bits per heavy atom. The van der Waals surface area contributed by atoms with Gasteiger partial charge in [-0.05, 0) is 18.9 Å². The molecule has 0 saturated heterocycles. The number of aromatic nitrogens is 2. The molecule has 21 heavy (non-hydrogen) atoms. The molecule has 112 valence electrons. The van der Waals surface area contributed by atoms with Gasteiger partial charge in [0.2, 0.25) is 0 Å². The molecule has 1 aromatic carbocycles.